The van der Waals surface area contributed by atoms with Gasteiger partial charge < -0.3 is 14.7 Å². The molecule has 0 aromatic rings. The lowest BCUT2D eigenvalue weighted by atomic mass is 10.00. The molecule has 0 aromatic heterocycles. The average molecular weight is 399 g/mol. The number of carbonyl (C=O) groups is 2. The highest BCUT2D eigenvalue weighted by Gasteiger charge is 2.52. The Hall–Kier alpha value is -1.94. The summed E-state index contributed by atoms with van der Waals surface area (Å²) in [5.41, 5.74) is 0. The molecule has 1 unspecified atom stereocenters. The average Bonchev–Trinajstić information content (AvgIpc) is 2.89. The van der Waals surface area contributed by atoms with Gasteiger partial charge in [0.1, 0.15) is 0 Å². The maximum absolute atomic E-state index is 13.9. The highest BCUT2D eigenvalue weighted by molar-refractivity contribution is 5.86. The number of methoxy groups -OCH3 is 1. The topological polar surface area (TPSA) is 66.8 Å². The van der Waals surface area contributed by atoms with Crippen LogP contribution < -0.4 is 0 Å². The van der Waals surface area contributed by atoms with Crippen molar-refractivity contribution < 1.29 is 28.2 Å². The molecule has 3 atom stereocenters. The smallest absolute Gasteiger partial charge is 0.327 e. The Morgan fingerprint density at radius 1 is 1.39 bits per heavy atom. The summed E-state index contributed by atoms with van der Waals surface area (Å²) in [4.78, 5) is 24.3. The lowest BCUT2D eigenvalue weighted by molar-refractivity contribution is -0.148. The summed E-state index contributed by atoms with van der Waals surface area (Å²) >= 11 is 0. The number of ether oxygens (including phenoxy) is 1. The largest absolute Gasteiger partial charge is 0.469 e. The first kappa shape index (κ1) is 24.1. The van der Waals surface area contributed by atoms with E-state index in [0.29, 0.717) is 25.7 Å². The maximum atomic E-state index is 13.9. The molecule has 158 valence electrons. The molecule has 1 N–H and O–H groups in total. The molecule has 0 saturated carbocycles. The number of likely N-dealkylation sites (tertiary alicyclic amines) is 1. The van der Waals surface area contributed by atoms with Gasteiger partial charge in [-0.25, -0.2) is 0 Å². The minimum atomic E-state index is -3.37. The SMILES string of the molecule is CC#CC[C@H](C)[C@H](O)C=CC1CC(F)(F)C(=O)N1CCCCCCC(=O)OC. The van der Waals surface area contributed by atoms with E-state index < -0.39 is 30.4 Å². The molecular formula is C21H31F2NO4. The number of hydrogen-bond acceptors (Lipinski definition) is 4. The predicted molar refractivity (Wildman–Crippen MR) is 103 cm³/mol. The van der Waals surface area contributed by atoms with Gasteiger partial charge in [-0.2, -0.15) is 8.78 Å². The minimum absolute atomic E-state index is 0.121. The normalized spacial score (nSPS) is 20.7. The van der Waals surface area contributed by atoms with Gasteiger partial charge in [-0.15, -0.1) is 11.8 Å². The predicted octanol–water partition coefficient (Wildman–Crippen LogP) is 3.31. The maximum Gasteiger partial charge on any atom is 0.327 e. The molecule has 1 rings (SSSR count). The number of hydrogen-bond donors (Lipinski definition) is 1. The molecule has 1 fully saturated rings. The molecule has 1 amide bonds. The summed E-state index contributed by atoms with van der Waals surface area (Å²) in [6.45, 7) is 3.78. The summed E-state index contributed by atoms with van der Waals surface area (Å²) < 4.78 is 32.3. The quantitative estimate of drug-likeness (QED) is 0.251. The first-order valence-electron chi connectivity index (χ1n) is 9.74. The zero-order chi connectivity index (χ0) is 21.2. The van der Waals surface area contributed by atoms with Crippen molar-refractivity contribution >= 4 is 11.9 Å². The van der Waals surface area contributed by atoms with E-state index >= 15 is 0 Å². The molecule has 5 nitrogen and oxygen atoms in total. The van der Waals surface area contributed by atoms with E-state index in [4.69, 9.17) is 0 Å². The van der Waals surface area contributed by atoms with Crippen LogP contribution in [-0.2, 0) is 14.3 Å². The van der Waals surface area contributed by atoms with Gasteiger partial charge in [0, 0.05) is 25.8 Å². The highest BCUT2D eigenvalue weighted by atomic mass is 19.3. The highest BCUT2D eigenvalue weighted by Crippen LogP contribution is 2.34. The van der Waals surface area contributed by atoms with Gasteiger partial charge in [0.05, 0.1) is 19.3 Å². The molecule has 0 spiro atoms. The van der Waals surface area contributed by atoms with E-state index in [-0.39, 0.29) is 18.4 Å². The van der Waals surface area contributed by atoms with Crippen molar-refractivity contribution in [2.45, 2.75) is 76.9 Å². The summed E-state index contributed by atoms with van der Waals surface area (Å²) in [6, 6.07) is -0.725. The van der Waals surface area contributed by atoms with Crippen molar-refractivity contribution in [1.82, 2.24) is 4.90 Å². The number of halogens is 2. The first-order chi connectivity index (χ1) is 13.2. The lowest BCUT2D eigenvalue weighted by Gasteiger charge is -2.22. The van der Waals surface area contributed by atoms with Crippen molar-refractivity contribution in [3.63, 3.8) is 0 Å². The van der Waals surface area contributed by atoms with Crippen molar-refractivity contribution in [3.8, 4) is 11.8 Å². The monoisotopic (exact) mass is 399 g/mol. The van der Waals surface area contributed by atoms with Crippen LogP contribution in [0.15, 0.2) is 12.2 Å². The molecule has 0 aliphatic carbocycles. The Labute approximate surface area is 166 Å². The number of alkyl halides is 2. The van der Waals surface area contributed by atoms with Gasteiger partial charge in [-0.05, 0) is 25.7 Å². The van der Waals surface area contributed by atoms with Gasteiger partial charge in [0.15, 0.2) is 0 Å². The Bertz CT molecular complexity index is 609. The van der Waals surface area contributed by atoms with Gasteiger partial charge in [0.25, 0.3) is 5.91 Å². The van der Waals surface area contributed by atoms with E-state index in [9.17, 15) is 23.5 Å². The third kappa shape index (κ3) is 7.59. The summed E-state index contributed by atoms with van der Waals surface area (Å²) in [7, 11) is 1.34. The molecule has 28 heavy (non-hydrogen) atoms. The third-order valence-electron chi connectivity index (χ3n) is 4.91. The zero-order valence-corrected chi connectivity index (χ0v) is 16.9. The van der Waals surface area contributed by atoms with Crippen LogP contribution in [0.2, 0.25) is 0 Å². The van der Waals surface area contributed by atoms with Crippen molar-refractivity contribution in [3.05, 3.63) is 12.2 Å². The van der Waals surface area contributed by atoms with Gasteiger partial charge in [0.2, 0.25) is 0 Å². The number of nitrogens with zero attached hydrogens (tertiary/aromatic N) is 1. The fourth-order valence-corrected chi connectivity index (χ4v) is 3.08. The summed E-state index contributed by atoms with van der Waals surface area (Å²) in [5, 5.41) is 10.1. The molecule has 0 radical (unpaired) electrons. The number of carbonyl (C=O) groups excluding carboxylic acids is 2. The molecule has 1 aliphatic rings. The number of unbranched alkanes of at least 4 members (excludes halogenated alkanes) is 3. The standard InChI is InChI=1S/C21H31F2NO4/c1-4-5-10-16(2)18(25)13-12-17-15-21(22,23)20(27)24(17)14-9-7-6-8-11-19(26)28-3/h12-13,16-18,25H,6-11,14-15H2,1-3H3/t16-,17?,18+/m0/s1. The second kappa shape index (κ2) is 11.8. The first-order valence-corrected chi connectivity index (χ1v) is 9.74. The van der Waals surface area contributed by atoms with Gasteiger partial charge in [-0.1, -0.05) is 31.9 Å². The number of amides is 1. The van der Waals surface area contributed by atoms with Crippen LogP contribution in [0.5, 0.6) is 0 Å². The fourth-order valence-electron chi connectivity index (χ4n) is 3.08. The van der Waals surface area contributed by atoms with E-state index in [0.717, 1.165) is 12.8 Å². The molecule has 1 saturated heterocycles. The molecule has 0 bridgehead atoms. The zero-order valence-electron chi connectivity index (χ0n) is 16.9. The molecule has 1 aliphatic heterocycles. The van der Waals surface area contributed by atoms with Crippen LogP contribution in [0.1, 0.15) is 58.8 Å². The molecule has 0 aromatic carbocycles. The Balaban J connectivity index is 2.55. The third-order valence-corrected chi connectivity index (χ3v) is 4.91. The van der Waals surface area contributed by atoms with Crippen LogP contribution in [-0.4, -0.2) is 53.6 Å². The Morgan fingerprint density at radius 2 is 2.07 bits per heavy atom. The van der Waals surface area contributed by atoms with Crippen LogP contribution in [0.3, 0.4) is 0 Å². The minimum Gasteiger partial charge on any atom is -0.469 e. The number of aliphatic hydroxyl groups excluding tert-OH is 1. The van der Waals surface area contributed by atoms with Crippen molar-refractivity contribution in [1.29, 1.82) is 0 Å². The Kier molecular flexibility index (Phi) is 10.2. The van der Waals surface area contributed by atoms with Crippen LogP contribution in [0.25, 0.3) is 0 Å². The number of aliphatic hydroxyl groups is 1. The molecule has 7 heteroatoms. The second-order valence-corrected chi connectivity index (χ2v) is 7.20. The van der Waals surface area contributed by atoms with E-state index in [1.54, 1.807) is 6.92 Å². The number of rotatable bonds is 11. The Morgan fingerprint density at radius 3 is 2.71 bits per heavy atom. The number of esters is 1. The van der Waals surface area contributed by atoms with Crippen LogP contribution in [0.4, 0.5) is 8.78 Å². The summed E-state index contributed by atoms with van der Waals surface area (Å²) in [6.07, 6.45) is 5.23. The van der Waals surface area contributed by atoms with E-state index in [1.807, 2.05) is 6.92 Å². The van der Waals surface area contributed by atoms with Crippen LogP contribution >= 0.6 is 0 Å². The molecular weight excluding hydrogens is 368 g/mol. The lowest BCUT2D eigenvalue weighted by Crippen LogP contribution is -2.36. The van der Waals surface area contributed by atoms with Crippen molar-refractivity contribution in [2.24, 2.45) is 5.92 Å². The van der Waals surface area contributed by atoms with E-state index in [2.05, 4.69) is 16.6 Å². The molecule has 1 heterocycles. The van der Waals surface area contributed by atoms with Gasteiger partial charge in [-0.3, -0.25) is 9.59 Å². The van der Waals surface area contributed by atoms with Gasteiger partial charge >= 0.3 is 11.9 Å². The van der Waals surface area contributed by atoms with E-state index in [1.165, 1.54) is 24.2 Å². The summed E-state index contributed by atoms with van der Waals surface area (Å²) in [5.74, 6) is 0.728. The van der Waals surface area contributed by atoms with Crippen LogP contribution in [0, 0.1) is 17.8 Å². The van der Waals surface area contributed by atoms with Crippen molar-refractivity contribution in [2.75, 3.05) is 13.7 Å². The fraction of sp³-hybridized carbons (Fsp3) is 0.714. The second-order valence-electron chi connectivity index (χ2n) is 7.20.